The lowest BCUT2D eigenvalue weighted by Crippen LogP contribution is -2.30. The lowest BCUT2D eigenvalue weighted by atomic mass is 10.1. The fourth-order valence-corrected chi connectivity index (χ4v) is 4.24. The summed E-state index contributed by atoms with van der Waals surface area (Å²) >= 11 is 7.12. The predicted octanol–water partition coefficient (Wildman–Crippen LogP) is 2.90. The molecule has 1 atom stereocenters. The zero-order chi connectivity index (χ0) is 15.5. The van der Waals surface area contributed by atoms with Crippen molar-refractivity contribution in [1.82, 2.24) is 4.72 Å². The number of rotatable bonds is 6. The Morgan fingerprint density at radius 2 is 2.14 bits per heavy atom. The van der Waals surface area contributed by atoms with E-state index in [0.29, 0.717) is 10.6 Å². The second kappa shape index (κ2) is 6.57. The summed E-state index contributed by atoms with van der Waals surface area (Å²) in [7, 11) is -3.77. The maximum Gasteiger partial charge on any atom is 0.305 e. The van der Waals surface area contributed by atoms with Crippen molar-refractivity contribution in [3.63, 3.8) is 0 Å². The van der Waals surface area contributed by atoms with Crippen molar-refractivity contribution in [3.05, 3.63) is 51.7 Å². The maximum atomic E-state index is 12.2. The number of nitrogens with one attached hydrogen (secondary N) is 1. The average Bonchev–Trinajstić information content (AvgIpc) is 2.91. The van der Waals surface area contributed by atoms with Crippen molar-refractivity contribution in [1.29, 1.82) is 0 Å². The van der Waals surface area contributed by atoms with Crippen LogP contribution in [0.25, 0.3) is 0 Å². The van der Waals surface area contributed by atoms with Gasteiger partial charge in [-0.2, -0.15) is 11.3 Å². The van der Waals surface area contributed by atoms with Crippen LogP contribution in [0.3, 0.4) is 0 Å². The Morgan fingerprint density at radius 3 is 2.71 bits per heavy atom. The molecular formula is C13H12ClNO4S2. The molecule has 5 nitrogen and oxygen atoms in total. The zero-order valence-electron chi connectivity index (χ0n) is 10.7. The van der Waals surface area contributed by atoms with Gasteiger partial charge in [0.2, 0.25) is 10.0 Å². The second-order valence-corrected chi connectivity index (χ2v) is 7.22. The van der Waals surface area contributed by atoms with Crippen LogP contribution in [0.2, 0.25) is 5.02 Å². The number of carboxylic acids is 1. The summed E-state index contributed by atoms with van der Waals surface area (Å²) in [4.78, 5) is 11.1. The fraction of sp³-hybridized carbons (Fsp3) is 0.154. The Bertz CT molecular complexity index is 728. The van der Waals surface area contributed by atoms with E-state index in [1.807, 2.05) is 0 Å². The molecule has 1 aromatic carbocycles. The molecule has 0 aliphatic heterocycles. The second-order valence-electron chi connectivity index (χ2n) is 4.29. The van der Waals surface area contributed by atoms with Gasteiger partial charge >= 0.3 is 5.97 Å². The molecule has 0 aliphatic rings. The lowest BCUT2D eigenvalue weighted by Gasteiger charge is -2.17. The number of carbonyl (C=O) groups is 1. The number of carboxylic acid groups (broad SMARTS) is 1. The number of hydrogen-bond acceptors (Lipinski definition) is 4. The molecule has 2 rings (SSSR count). The van der Waals surface area contributed by atoms with Crippen LogP contribution in [0.15, 0.2) is 46.0 Å². The van der Waals surface area contributed by atoms with Gasteiger partial charge in [-0.3, -0.25) is 4.79 Å². The van der Waals surface area contributed by atoms with Crippen molar-refractivity contribution in [2.75, 3.05) is 0 Å². The molecule has 0 amide bonds. The number of sulfonamides is 1. The Morgan fingerprint density at radius 1 is 1.38 bits per heavy atom. The number of hydrogen-bond donors (Lipinski definition) is 2. The fourth-order valence-electron chi connectivity index (χ4n) is 1.79. The number of benzene rings is 1. The topological polar surface area (TPSA) is 83.5 Å². The molecular weight excluding hydrogens is 334 g/mol. The first-order valence-corrected chi connectivity index (χ1v) is 8.70. The van der Waals surface area contributed by atoms with Gasteiger partial charge in [-0.15, -0.1) is 0 Å². The summed E-state index contributed by atoms with van der Waals surface area (Å²) in [6.07, 6.45) is -0.371. The number of aliphatic carboxylic acids is 1. The third-order valence-electron chi connectivity index (χ3n) is 2.73. The first-order chi connectivity index (χ1) is 9.88. The molecule has 2 aromatic rings. The van der Waals surface area contributed by atoms with Gasteiger partial charge in [0.15, 0.2) is 0 Å². The van der Waals surface area contributed by atoms with Crippen LogP contribution >= 0.6 is 22.9 Å². The van der Waals surface area contributed by atoms with E-state index in [1.165, 1.54) is 22.8 Å². The minimum Gasteiger partial charge on any atom is -0.481 e. The van der Waals surface area contributed by atoms with Crippen molar-refractivity contribution in [2.45, 2.75) is 17.4 Å². The summed E-state index contributed by atoms with van der Waals surface area (Å²) in [6.45, 7) is 0. The highest BCUT2D eigenvalue weighted by atomic mass is 35.5. The average molecular weight is 346 g/mol. The standard InChI is InChI=1S/C13H12ClNO4S2/c14-10-3-1-2-9(6-10)12(7-13(16)17)15-21(18,19)11-4-5-20-8-11/h1-6,8,12,15H,7H2,(H,16,17). The Hall–Kier alpha value is -1.41. The molecule has 21 heavy (non-hydrogen) atoms. The molecule has 112 valence electrons. The minimum absolute atomic E-state index is 0.116. The van der Waals surface area contributed by atoms with E-state index in [2.05, 4.69) is 4.72 Å². The van der Waals surface area contributed by atoms with E-state index in [1.54, 1.807) is 29.6 Å². The summed E-state index contributed by atoms with van der Waals surface area (Å²) in [5.74, 6) is -1.10. The van der Waals surface area contributed by atoms with Crippen LogP contribution in [-0.2, 0) is 14.8 Å². The SMILES string of the molecule is O=C(O)CC(NS(=O)(=O)c1ccsc1)c1cccc(Cl)c1. The van der Waals surface area contributed by atoms with Crippen molar-refractivity contribution in [3.8, 4) is 0 Å². The van der Waals surface area contributed by atoms with Crippen LogP contribution < -0.4 is 4.72 Å². The van der Waals surface area contributed by atoms with E-state index >= 15 is 0 Å². The zero-order valence-corrected chi connectivity index (χ0v) is 13.1. The van der Waals surface area contributed by atoms with Gasteiger partial charge in [-0.25, -0.2) is 13.1 Å². The third kappa shape index (κ3) is 4.28. The maximum absolute atomic E-state index is 12.2. The molecule has 2 N–H and O–H groups in total. The molecule has 0 saturated carbocycles. The van der Waals surface area contributed by atoms with E-state index in [9.17, 15) is 13.2 Å². The number of thiophene rings is 1. The first-order valence-electron chi connectivity index (χ1n) is 5.90. The predicted molar refractivity (Wildman–Crippen MR) is 81.1 cm³/mol. The smallest absolute Gasteiger partial charge is 0.305 e. The first kappa shape index (κ1) is 16.0. The van der Waals surface area contributed by atoms with Crippen LogP contribution in [0, 0.1) is 0 Å². The van der Waals surface area contributed by atoms with E-state index in [-0.39, 0.29) is 11.3 Å². The largest absolute Gasteiger partial charge is 0.481 e. The molecule has 0 spiro atoms. The van der Waals surface area contributed by atoms with Gasteiger partial charge < -0.3 is 5.11 Å². The molecule has 0 bridgehead atoms. The summed E-state index contributed by atoms with van der Waals surface area (Å²) in [6, 6.07) is 7.04. The lowest BCUT2D eigenvalue weighted by molar-refractivity contribution is -0.137. The molecule has 0 radical (unpaired) electrons. The van der Waals surface area contributed by atoms with Gasteiger partial charge in [0, 0.05) is 10.4 Å². The summed E-state index contributed by atoms with van der Waals surface area (Å²) < 4.78 is 26.8. The Labute approximate surface area is 131 Å². The molecule has 1 heterocycles. The molecule has 1 unspecified atom stereocenters. The van der Waals surface area contributed by atoms with Crippen LogP contribution in [-0.4, -0.2) is 19.5 Å². The van der Waals surface area contributed by atoms with E-state index in [0.717, 1.165) is 0 Å². The van der Waals surface area contributed by atoms with Gasteiger partial charge in [0.1, 0.15) is 0 Å². The molecule has 1 aromatic heterocycles. The normalized spacial score (nSPS) is 13.0. The molecule has 0 aliphatic carbocycles. The highest BCUT2D eigenvalue weighted by Crippen LogP contribution is 2.23. The van der Waals surface area contributed by atoms with Gasteiger partial charge in [-0.05, 0) is 29.1 Å². The van der Waals surface area contributed by atoms with Crippen molar-refractivity contribution < 1.29 is 18.3 Å². The molecule has 8 heteroatoms. The van der Waals surface area contributed by atoms with E-state index < -0.39 is 22.0 Å². The number of halogens is 1. The molecule has 0 saturated heterocycles. The summed E-state index contributed by atoms with van der Waals surface area (Å²) in [5, 5.41) is 12.5. The van der Waals surface area contributed by atoms with Crippen LogP contribution in [0.4, 0.5) is 0 Å². The van der Waals surface area contributed by atoms with Gasteiger partial charge in [-0.1, -0.05) is 23.7 Å². The van der Waals surface area contributed by atoms with Crippen molar-refractivity contribution >= 4 is 38.9 Å². The Kier molecular flexibility index (Phi) is 5.00. The van der Waals surface area contributed by atoms with Crippen LogP contribution in [0.5, 0.6) is 0 Å². The quantitative estimate of drug-likeness (QED) is 0.843. The highest BCUT2D eigenvalue weighted by molar-refractivity contribution is 7.89. The third-order valence-corrected chi connectivity index (χ3v) is 5.27. The van der Waals surface area contributed by atoms with Gasteiger partial charge in [0.25, 0.3) is 0 Å². The Balaban J connectivity index is 2.31. The molecule has 0 fully saturated rings. The summed E-state index contributed by atoms with van der Waals surface area (Å²) in [5.41, 5.74) is 0.503. The van der Waals surface area contributed by atoms with Gasteiger partial charge in [0.05, 0.1) is 17.4 Å². The van der Waals surface area contributed by atoms with E-state index in [4.69, 9.17) is 16.7 Å². The highest BCUT2D eigenvalue weighted by Gasteiger charge is 2.24. The van der Waals surface area contributed by atoms with Crippen LogP contribution in [0.1, 0.15) is 18.0 Å². The monoisotopic (exact) mass is 345 g/mol. The minimum atomic E-state index is -3.77. The van der Waals surface area contributed by atoms with Crippen molar-refractivity contribution in [2.24, 2.45) is 0 Å².